The van der Waals surface area contributed by atoms with Crippen molar-refractivity contribution in [2.75, 3.05) is 11.1 Å². The van der Waals surface area contributed by atoms with Crippen LogP contribution in [-0.2, 0) is 10.1 Å². The fraction of sp³-hybridized carbons (Fsp3) is 0. The van der Waals surface area contributed by atoms with E-state index in [4.69, 9.17) is 33.5 Å². The summed E-state index contributed by atoms with van der Waals surface area (Å²) in [6.07, 6.45) is 0. The Morgan fingerprint density at radius 2 is 1.77 bits per heavy atom. The van der Waals surface area contributed by atoms with Gasteiger partial charge in [0.2, 0.25) is 0 Å². The summed E-state index contributed by atoms with van der Waals surface area (Å²) in [5.74, 6) is -0.495. The molecule has 0 saturated carbocycles. The molecule has 1 amide bonds. The Morgan fingerprint density at radius 3 is 2.32 bits per heavy atom. The molecule has 0 spiro atoms. The third kappa shape index (κ3) is 3.69. The van der Waals surface area contributed by atoms with Crippen molar-refractivity contribution >= 4 is 50.6 Å². The number of amides is 1. The number of nitrogen functional groups attached to an aromatic ring is 1. The van der Waals surface area contributed by atoms with Crippen LogP contribution in [-0.4, -0.2) is 18.9 Å². The van der Waals surface area contributed by atoms with E-state index >= 15 is 0 Å². The Bertz CT molecular complexity index is 853. The molecule has 0 bridgehead atoms. The molecule has 2 aromatic rings. The molecule has 4 N–H and O–H groups in total. The van der Waals surface area contributed by atoms with Crippen molar-refractivity contribution in [3.63, 3.8) is 0 Å². The van der Waals surface area contributed by atoms with Crippen LogP contribution in [0.25, 0.3) is 0 Å². The SMILES string of the molecule is Nc1cc(C(=O)Nc2ccc(S(=O)(=O)O)cc2Cl)ccc1Cl. The zero-order chi connectivity index (χ0) is 16.5. The minimum atomic E-state index is -4.36. The van der Waals surface area contributed by atoms with Crippen molar-refractivity contribution in [2.24, 2.45) is 0 Å². The molecule has 0 fully saturated rings. The molecular weight excluding hydrogens is 351 g/mol. The second-order valence-corrected chi connectivity index (χ2v) is 6.54. The third-order valence-electron chi connectivity index (χ3n) is 2.74. The predicted molar refractivity (Wildman–Crippen MR) is 85.1 cm³/mol. The van der Waals surface area contributed by atoms with E-state index in [1.807, 2.05) is 0 Å². The van der Waals surface area contributed by atoms with E-state index in [2.05, 4.69) is 5.32 Å². The minimum Gasteiger partial charge on any atom is -0.398 e. The highest BCUT2D eigenvalue weighted by atomic mass is 35.5. The van der Waals surface area contributed by atoms with Gasteiger partial charge in [-0.2, -0.15) is 8.42 Å². The highest BCUT2D eigenvalue weighted by Crippen LogP contribution is 2.26. The molecule has 0 unspecified atom stereocenters. The van der Waals surface area contributed by atoms with E-state index < -0.39 is 16.0 Å². The predicted octanol–water partition coefficient (Wildman–Crippen LogP) is 3.07. The minimum absolute atomic E-state index is 0.0367. The van der Waals surface area contributed by atoms with Crippen molar-refractivity contribution in [1.82, 2.24) is 0 Å². The lowest BCUT2D eigenvalue weighted by molar-refractivity contribution is 0.102. The Balaban J connectivity index is 2.27. The van der Waals surface area contributed by atoms with E-state index in [0.29, 0.717) is 5.02 Å². The molecule has 0 saturated heterocycles. The first-order valence-electron chi connectivity index (χ1n) is 5.82. The second-order valence-electron chi connectivity index (χ2n) is 4.31. The first-order valence-corrected chi connectivity index (χ1v) is 8.01. The second kappa shape index (κ2) is 6.13. The van der Waals surface area contributed by atoms with E-state index in [1.54, 1.807) is 0 Å². The van der Waals surface area contributed by atoms with Gasteiger partial charge in [-0.05, 0) is 36.4 Å². The summed E-state index contributed by atoms with van der Waals surface area (Å²) in [7, 11) is -4.36. The lowest BCUT2D eigenvalue weighted by atomic mass is 10.2. The number of benzene rings is 2. The molecule has 0 aromatic heterocycles. The summed E-state index contributed by atoms with van der Waals surface area (Å²) in [4.78, 5) is 11.7. The third-order valence-corrected chi connectivity index (χ3v) is 4.25. The summed E-state index contributed by atoms with van der Waals surface area (Å²) < 4.78 is 30.9. The number of carbonyl (C=O) groups is 1. The average molecular weight is 361 g/mol. The Labute approximate surface area is 136 Å². The van der Waals surface area contributed by atoms with Crippen molar-refractivity contribution in [1.29, 1.82) is 0 Å². The summed E-state index contributed by atoms with van der Waals surface area (Å²) in [5, 5.41) is 2.80. The standard InChI is InChI=1S/C13H10Cl2N2O4S/c14-9-3-1-7(5-11(9)16)13(18)17-12-4-2-8(6-10(12)15)22(19,20)21/h1-6H,16H2,(H,17,18)(H,19,20,21). The van der Waals surface area contributed by atoms with Crippen molar-refractivity contribution in [2.45, 2.75) is 4.90 Å². The molecule has 0 radical (unpaired) electrons. The van der Waals surface area contributed by atoms with Gasteiger partial charge in [0.05, 0.1) is 26.3 Å². The summed E-state index contributed by atoms with van der Waals surface area (Å²) in [5.41, 5.74) is 6.32. The lowest BCUT2D eigenvalue weighted by Crippen LogP contribution is -2.13. The molecule has 0 aliphatic rings. The van der Waals surface area contributed by atoms with E-state index in [0.717, 1.165) is 12.1 Å². The number of carbonyl (C=O) groups excluding carboxylic acids is 1. The van der Waals surface area contributed by atoms with Crippen LogP contribution < -0.4 is 11.1 Å². The number of nitrogens with one attached hydrogen (secondary N) is 1. The molecule has 6 nitrogen and oxygen atoms in total. The van der Waals surface area contributed by atoms with Crippen molar-refractivity contribution in [3.05, 3.63) is 52.0 Å². The fourth-order valence-corrected chi connectivity index (χ4v) is 2.55. The monoisotopic (exact) mass is 360 g/mol. The topological polar surface area (TPSA) is 109 Å². The van der Waals surface area contributed by atoms with Gasteiger partial charge < -0.3 is 11.1 Å². The number of rotatable bonds is 3. The molecule has 0 aliphatic heterocycles. The molecule has 0 aliphatic carbocycles. The molecular formula is C13H10Cl2N2O4S. The van der Waals surface area contributed by atoms with Crippen LogP contribution in [0.4, 0.5) is 11.4 Å². The van der Waals surface area contributed by atoms with Crippen molar-refractivity contribution in [3.8, 4) is 0 Å². The van der Waals surface area contributed by atoms with Crippen LogP contribution in [0.2, 0.25) is 10.0 Å². The first kappa shape index (κ1) is 16.6. The van der Waals surface area contributed by atoms with E-state index in [1.165, 1.54) is 24.3 Å². The molecule has 2 rings (SSSR count). The van der Waals surface area contributed by atoms with Crippen LogP contribution in [0.15, 0.2) is 41.3 Å². The van der Waals surface area contributed by atoms with Crippen LogP contribution in [0, 0.1) is 0 Å². The van der Waals surface area contributed by atoms with E-state index in [-0.39, 0.29) is 26.9 Å². The van der Waals surface area contributed by atoms with E-state index in [9.17, 15) is 13.2 Å². The summed E-state index contributed by atoms with van der Waals surface area (Å²) in [6.45, 7) is 0. The zero-order valence-electron chi connectivity index (χ0n) is 10.9. The number of anilines is 2. The molecule has 9 heteroatoms. The first-order chi connectivity index (χ1) is 10.2. The number of hydrogen-bond donors (Lipinski definition) is 3. The Morgan fingerprint density at radius 1 is 1.09 bits per heavy atom. The van der Waals surface area contributed by atoms with Crippen LogP contribution in [0.1, 0.15) is 10.4 Å². The van der Waals surface area contributed by atoms with Gasteiger partial charge >= 0.3 is 0 Å². The van der Waals surface area contributed by atoms with Crippen molar-refractivity contribution < 1.29 is 17.8 Å². The largest absolute Gasteiger partial charge is 0.398 e. The van der Waals surface area contributed by atoms with Crippen LogP contribution in [0.5, 0.6) is 0 Å². The van der Waals surface area contributed by atoms with Crippen LogP contribution >= 0.6 is 23.2 Å². The maximum Gasteiger partial charge on any atom is 0.294 e. The Hall–Kier alpha value is -1.80. The van der Waals surface area contributed by atoms with Gasteiger partial charge in [0.15, 0.2) is 0 Å². The smallest absolute Gasteiger partial charge is 0.294 e. The van der Waals surface area contributed by atoms with Gasteiger partial charge in [-0.15, -0.1) is 0 Å². The molecule has 0 heterocycles. The molecule has 116 valence electrons. The molecule has 22 heavy (non-hydrogen) atoms. The summed E-state index contributed by atoms with van der Waals surface area (Å²) in [6, 6.07) is 7.78. The maximum absolute atomic E-state index is 12.1. The number of hydrogen-bond acceptors (Lipinski definition) is 4. The van der Waals surface area contributed by atoms with Gasteiger partial charge in [-0.25, -0.2) is 0 Å². The summed E-state index contributed by atoms with van der Waals surface area (Å²) >= 11 is 11.7. The zero-order valence-corrected chi connectivity index (χ0v) is 13.2. The number of nitrogens with two attached hydrogens (primary N) is 1. The average Bonchev–Trinajstić information content (AvgIpc) is 2.42. The Kier molecular flexibility index (Phi) is 4.62. The normalized spacial score (nSPS) is 11.2. The van der Waals surface area contributed by atoms with Gasteiger partial charge in [0, 0.05) is 5.56 Å². The van der Waals surface area contributed by atoms with Gasteiger partial charge in [-0.3, -0.25) is 9.35 Å². The maximum atomic E-state index is 12.1. The van der Waals surface area contributed by atoms with Gasteiger partial charge in [-0.1, -0.05) is 23.2 Å². The lowest BCUT2D eigenvalue weighted by Gasteiger charge is -2.09. The quantitative estimate of drug-likeness (QED) is 0.575. The highest BCUT2D eigenvalue weighted by Gasteiger charge is 2.14. The fourth-order valence-electron chi connectivity index (χ4n) is 1.64. The molecule has 0 atom stereocenters. The highest BCUT2D eigenvalue weighted by molar-refractivity contribution is 7.85. The van der Waals surface area contributed by atoms with Gasteiger partial charge in [0.25, 0.3) is 16.0 Å². The molecule has 2 aromatic carbocycles. The number of halogens is 2. The van der Waals surface area contributed by atoms with Gasteiger partial charge in [0.1, 0.15) is 0 Å². The van der Waals surface area contributed by atoms with Crippen LogP contribution in [0.3, 0.4) is 0 Å².